The summed E-state index contributed by atoms with van der Waals surface area (Å²) in [6.07, 6.45) is 3.52. The molecule has 1 aliphatic rings. The summed E-state index contributed by atoms with van der Waals surface area (Å²) in [6, 6.07) is 14.7. The minimum absolute atomic E-state index is 0.0328. The van der Waals surface area contributed by atoms with E-state index in [0.717, 1.165) is 30.6 Å². The molecule has 9 nitrogen and oxygen atoms in total. The lowest BCUT2D eigenvalue weighted by molar-refractivity contribution is -0.121. The number of ether oxygens (including phenoxy) is 1. The largest absolute Gasteiger partial charge is 0.490 e. The highest BCUT2D eigenvalue weighted by atomic mass is 35.5. The third-order valence-corrected chi connectivity index (χ3v) is 7.57. The topological polar surface area (TPSA) is 104 Å². The second-order valence-corrected chi connectivity index (χ2v) is 10.9. The van der Waals surface area contributed by atoms with E-state index in [0.29, 0.717) is 46.6 Å². The summed E-state index contributed by atoms with van der Waals surface area (Å²) in [6.45, 7) is 5.86. The zero-order valence-corrected chi connectivity index (χ0v) is 23.9. The fourth-order valence-electron chi connectivity index (χ4n) is 5.45. The van der Waals surface area contributed by atoms with Crippen LogP contribution < -0.4 is 15.6 Å². The fraction of sp³-hybridized carbons (Fsp3) is 0.400. The van der Waals surface area contributed by atoms with Crippen molar-refractivity contribution in [3.63, 3.8) is 0 Å². The summed E-state index contributed by atoms with van der Waals surface area (Å²) < 4.78 is 15.4. The molecule has 0 saturated heterocycles. The van der Waals surface area contributed by atoms with E-state index in [-0.39, 0.29) is 29.4 Å². The van der Waals surface area contributed by atoms with Crippen molar-refractivity contribution in [2.45, 2.75) is 64.9 Å². The molecule has 0 spiro atoms. The molecular formula is C30H34ClN5O4. The van der Waals surface area contributed by atoms with Crippen LogP contribution >= 0.6 is 11.6 Å². The first kappa shape index (κ1) is 27.7. The van der Waals surface area contributed by atoms with E-state index in [1.165, 1.54) is 0 Å². The number of anilines is 1. The molecule has 1 N–H and O–H groups in total. The van der Waals surface area contributed by atoms with E-state index in [1.54, 1.807) is 22.9 Å². The Kier molecular flexibility index (Phi) is 8.12. The van der Waals surface area contributed by atoms with Gasteiger partial charge in [-0.2, -0.15) is 0 Å². The van der Waals surface area contributed by atoms with Crippen molar-refractivity contribution in [2.24, 2.45) is 13.0 Å². The van der Waals surface area contributed by atoms with Crippen molar-refractivity contribution in [1.82, 2.24) is 19.6 Å². The van der Waals surface area contributed by atoms with Gasteiger partial charge >= 0.3 is 0 Å². The van der Waals surface area contributed by atoms with Crippen molar-refractivity contribution in [3.8, 4) is 22.9 Å². The van der Waals surface area contributed by atoms with Crippen molar-refractivity contribution in [2.75, 3.05) is 5.32 Å². The Bertz CT molecular complexity index is 1560. The maximum absolute atomic E-state index is 13.5. The van der Waals surface area contributed by atoms with Gasteiger partial charge in [0.25, 0.3) is 11.4 Å². The van der Waals surface area contributed by atoms with Crippen LogP contribution in [0.4, 0.5) is 5.69 Å². The van der Waals surface area contributed by atoms with Gasteiger partial charge in [0.15, 0.2) is 0 Å². The smallest absolute Gasteiger partial charge is 0.295 e. The van der Waals surface area contributed by atoms with Crippen molar-refractivity contribution in [1.29, 1.82) is 0 Å². The van der Waals surface area contributed by atoms with Crippen LogP contribution in [0.25, 0.3) is 17.1 Å². The van der Waals surface area contributed by atoms with Crippen molar-refractivity contribution >= 4 is 23.2 Å². The van der Waals surface area contributed by atoms with Crippen molar-refractivity contribution in [3.05, 3.63) is 75.5 Å². The normalized spacial score (nSPS) is 17.2. The quantitative estimate of drug-likeness (QED) is 0.276. The van der Waals surface area contributed by atoms with Crippen LogP contribution in [0.15, 0.2) is 57.7 Å². The Morgan fingerprint density at radius 1 is 1.18 bits per heavy atom. The number of nitrogens with one attached hydrogen (secondary N) is 1. The zero-order valence-electron chi connectivity index (χ0n) is 23.2. The summed E-state index contributed by atoms with van der Waals surface area (Å²) in [5, 5.41) is 12.1. The summed E-state index contributed by atoms with van der Waals surface area (Å²) in [4.78, 5) is 26.9. The first-order chi connectivity index (χ1) is 19.3. The third-order valence-electron chi connectivity index (χ3n) is 7.34. The molecule has 0 radical (unpaired) electrons. The first-order valence-corrected chi connectivity index (χ1v) is 14.1. The Morgan fingerprint density at radius 3 is 2.67 bits per heavy atom. The molecule has 210 valence electrons. The highest BCUT2D eigenvalue weighted by Crippen LogP contribution is 2.39. The molecule has 2 atom stereocenters. The number of hydrogen-bond donors (Lipinski definition) is 1. The van der Waals surface area contributed by atoms with Crippen molar-refractivity contribution < 1.29 is 13.9 Å². The van der Waals surface area contributed by atoms with Gasteiger partial charge in [-0.1, -0.05) is 43.1 Å². The lowest BCUT2D eigenvalue weighted by atomic mass is 9.81. The Hall–Kier alpha value is -3.85. The predicted molar refractivity (Wildman–Crippen MR) is 154 cm³/mol. The van der Waals surface area contributed by atoms with Crippen LogP contribution in [0.3, 0.4) is 0 Å². The molecule has 40 heavy (non-hydrogen) atoms. The maximum Gasteiger partial charge on any atom is 0.295 e. The number of aromatic nitrogens is 4. The molecule has 4 aromatic rings. The molecule has 1 saturated carbocycles. The molecule has 10 heteroatoms. The number of halogens is 1. The van der Waals surface area contributed by atoms with E-state index in [9.17, 15) is 9.59 Å². The molecule has 0 bridgehead atoms. The number of para-hydroxylation sites is 1. The maximum atomic E-state index is 13.5. The van der Waals surface area contributed by atoms with Gasteiger partial charge in [-0.3, -0.25) is 14.3 Å². The van der Waals surface area contributed by atoms with E-state index in [1.807, 2.05) is 62.8 Å². The molecule has 2 aromatic heterocycles. The van der Waals surface area contributed by atoms with Crippen LogP contribution in [-0.2, 0) is 18.3 Å². The van der Waals surface area contributed by atoms with Crippen LogP contribution in [-0.4, -0.2) is 31.6 Å². The van der Waals surface area contributed by atoms with Gasteiger partial charge in [0.1, 0.15) is 11.4 Å². The van der Waals surface area contributed by atoms with Gasteiger partial charge in [0.2, 0.25) is 11.8 Å². The predicted octanol–water partition coefficient (Wildman–Crippen LogP) is 6.14. The van der Waals surface area contributed by atoms with E-state index in [2.05, 4.69) is 15.5 Å². The summed E-state index contributed by atoms with van der Waals surface area (Å²) in [5.74, 6) is 0.925. The number of nitrogens with zero attached hydrogens (tertiary/aromatic N) is 4. The molecule has 1 amide bonds. The van der Waals surface area contributed by atoms with Gasteiger partial charge in [0, 0.05) is 23.9 Å². The SMILES string of the molecule is CCc1c(NC(=O)[C@@H]2CCCC(c3nnc(-c4cc(Cl)ccc4OC(C)C)o3)C2)c(=O)n(-c2ccccc2)n1C. The summed E-state index contributed by atoms with van der Waals surface area (Å²) in [7, 11) is 1.84. The number of amides is 1. The average molecular weight is 564 g/mol. The Morgan fingerprint density at radius 2 is 1.95 bits per heavy atom. The second-order valence-electron chi connectivity index (χ2n) is 10.5. The first-order valence-electron chi connectivity index (χ1n) is 13.7. The lowest BCUT2D eigenvalue weighted by Gasteiger charge is -2.26. The molecule has 2 aromatic carbocycles. The molecule has 1 fully saturated rings. The highest BCUT2D eigenvalue weighted by Gasteiger charge is 2.33. The summed E-state index contributed by atoms with van der Waals surface area (Å²) in [5.41, 5.74) is 2.25. The lowest BCUT2D eigenvalue weighted by Crippen LogP contribution is -2.30. The number of carbonyl (C=O) groups excluding carboxylic acids is 1. The molecule has 1 aliphatic carbocycles. The van der Waals surface area contributed by atoms with Crippen LogP contribution in [0.5, 0.6) is 5.75 Å². The van der Waals surface area contributed by atoms with E-state index >= 15 is 0 Å². The number of hydrogen-bond acceptors (Lipinski definition) is 6. The third kappa shape index (κ3) is 5.56. The van der Waals surface area contributed by atoms with Gasteiger partial charge in [0.05, 0.1) is 23.0 Å². The van der Waals surface area contributed by atoms with Gasteiger partial charge in [-0.15, -0.1) is 10.2 Å². The molecule has 2 heterocycles. The minimum Gasteiger partial charge on any atom is -0.490 e. The molecular weight excluding hydrogens is 530 g/mol. The van der Waals surface area contributed by atoms with Gasteiger partial charge in [-0.05, 0) is 69.9 Å². The van der Waals surface area contributed by atoms with Crippen LogP contribution in [0.1, 0.15) is 64.0 Å². The van der Waals surface area contributed by atoms with Gasteiger partial charge < -0.3 is 14.5 Å². The second kappa shape index (κ2) is 11.7. The average Bonchev–Trinajstić information content (AvgIpc) is 3.53. The standard InChI is InChI=1S/C30H34ClN5O4/c1-5-24-26(30(38)36(35(24)4)22-12-7-6-8-13-22)32-27(37)19-10-9-11-20(16-19)28-33-34-29(40-28)23-17-21(31)14-15-25(23)39-18(2)3/h6-8,12-15,17-20H,5,9-11,16H2,1-4H3,(H,32,37)/t19-,20?/m1/s1. The zero-order chi connectivity index (χ0) is 28.4. The number of benzene rings is 2. The van der Waals surface area contributed by atoms with Crippen LogP contribution in [0.2, 0.25) is 5.02 Å². The Balaban J connectivity index is 1.35. The van der Waals surface area contributed by atoms with E-state index < -0.39 is 0 Å². The number of rotatable bonds is 8. The monoisotopic (exact) mass is 563 g/mol. The van der Waals surface area contributed by atoms with Crippen LogP contribution in [0, 0.1) is 5.92 Å². The Labute approximate surface area is 238 Å². The minimum atomic E-state index is -0.283. The molecule has 5 rings (SSSR count). The van der Waals surface area contributed by atoms with Gasteiger partial charge in [-0.25, -0.2) is 4.68 Å². The molecule has 0 aliphatic heterocycles. The number of carbonyl (C=O) groups is 1. The fourth-order valence-corrected chi connectivity index (χ4v) is 5.62. The molecule has 1 unspecified atom stereocenters. The summed E-state index contributed by atoms with van der Waals surface area (Å²) >= 11 is 6.24. The van der Waals surface area contributed by atoms with E-state index in [4.69, 9.17) is 20.8 Å². The highest BCUT2D eigenvalue weighted by molar-refractivity contribution is 6.30.